The molecule has 84 valence electrons. The molecule has 15 heavy (non-hydrogen) atoms. The maximum Gasteiger partial charge on any atom is 0.152 e. The molecule has 1 saturated heterocycles. The molecule has 1 aromatic rings. The molecule has 0 saturated carbocycles. The van der Waals surface area contributed by atoms with Crippen molar-refractivity contribution in [1.82, 2.24) is 9.55 Å². The Labute approximate surface area is 89.2 Å². The molecular weight excluding hydrogens is 214 g/mol. The lowest BCUT2D eigenvalue weighted by atomic mass is 10.2. The van der Waals surface area contributed by atoms with E-state index in [1.807, 2.05) is 4.57 Å². The van der Waals surface area contributed by atoms with E-state index in [-0.39, 0.29) is 17.5 Å². The topological polar surface area (TPSA) is 78.0 Å². The minimum atomic E-state index is -2.83. The third-order valence-electron chi connectivity index (χ3n) is 2.75. The van der Waals surface area contributed by atoms with Crippen molar-refractivity contribution >= 4 is 9.84 Å². The lowest BCUT2D eigenvalue weighted by Crippen LogP contribution is -2.15. The molecule has 1 unspecified atom stereocenters. The Balaban J connectivity index is 2.20. The van der Waals surface area contributed by atoms with Gasteiger partial charge in [-0.3, -0.25) is 0 Å². The SMILES string of the molecule is NCCc1cncn1C1CCS(=O)(=O)C1. The van der Waals surface area contributed by atoms with Crippen molar-refractivity contribution in [1.29, 1.82) is 0 Å². The lowest BCUT2D eigenvalue weighted by molar-refractivity contribution is 0.535. The molecule has 2 N–H and O–H groups in total. The van der Waals surface area contributed by atoms with Crippen molar-refractivity contribution in [3.63, 3.8) is 0 Å². The molecule has 2 heterocycles. The van der Waals surface area contributed by atoms with E-state index in [2.05, 4.69) is 4.98 Å². The van der Waals surface area contributed by atoms with Crippen LogP contribution in [0, 0.1) is 0 Å². The fourth-order valence-electron chi connectivity index (χ4n) is 2.00. The summed E-state index contributed by atoms with van der Waals surface area (Å²) >= 11 is 0. The highest BCUT2D eigenvalue weighted by Gasteiger charge is 2.29. The Hall–Kier alpha value is -0.880. The Morgan fingerprint density at radius 1 is 1.60 bits per heavy atom. The molecule has 0 aliphatic carbocycles. The minimum Gasteiger partial charge on any atom is -0.330 e. The van der Waals surface area contributed by atoms with Gasteiger partial charge in [0.25, 0.3) is 0 Å². The summed E-state index contributed by atoms with van der Waals surface area (Å²) in [4.78, 5) is 4.05. The number of aromatic nitrogens is 2. The zero-order chi connectivity index (χ0) is 10.9. The van der Waals surface area contributed by atoms with Crippen molar-refractivity contribution in [2.75, 3.05) is 18.1 Å². The van der Waals surface area contributed by atoms with E-state index < -0.39 is 9.84 Å². The molecule has 0 spiro atoms. The van der Waals surface area contributed by atoms with Crippen LogP contribution in [0.1, 0.15) is 18.2 Å². The van der Waals surface area contributed by atoms with Gasteiger partial charge in [0.05, 0.1) is 17.8 Å². The molecule has 1 aliphatic heterocycles. The predicted molar refractivity (Wildman–Crippen MR) is 57.3 cm³/mol. The van der Waals surface area contributed by atoms with Crippen LogP contribution in [0.4, 0.5) is 0 Å². The molecule has 0 bridgehead atoms. The first-order chi connectivity index (χ1) is 7.12. The summed E-state index contributed by atoms with van der Waals surface area (Å²) in [5.41, 5.74) is 6.51. The van der Waals surface area contributed by atoms with Crippen LogP contribution in [-0.2, 0) is 16.3 Å². The third-order valence-corrected chi connectivity index (χ3v) is 4.50. The van der Waals surface area contributed by atoms with Gasteiger partial charge >= 0.3 is 0 Å². The van der Waals surface area contributed by atoms with Gasteiger partial charge in [0, 0.05) is 24.4 Å². The summed E-state index contributed by atoms with van der Waals surface area (Å²) in [5.74, 6) is 0.527. The summed E-state index contributed by atoms with van der Waals surface area (Å²) in [6.07, 6.45) is 4.90. The van der Waals surface area contributed by atoms with Crippen LogP contribution in [-0.4, -0.2) is 36.0 Å². The second-order valence-electron chi connectivity index (χ2n) is 3.89. The van der Waals surface area contributed by atoms with Crippen molar-refractivity contribution in [2.24, 2.45) is 5.73 Å². The van der Waals surface area contributed by atoms with Gasteiger partial charge in [-0.2, -0.15) is 0 Å². The molecular formula is C9H15N3O2S. The second-order valence-corrected chi connectivity index (χ2v) is 6.12. The number of imidazole rings is 1. The summed E-state index contributed by atoms with van der Waals surface area (Å²) in [6, 6.07) is 0.0547. The lowest BCUT2D eigenvalue weighted by Gasteiger charge is -2.13. The molecule has 0 radical (unpaired) electrons. The molecule has 0 amide bonds. The van der Waals surface area contributed by atoms with E-state index in [0.717, 1.165) is 12.1 Å². The highest BCUT2D eigenvalue weighted by molar-refractivity contribution is 7.91. The van der Waals surface area contributed by atoms with Crippen molar-refractivity contribution in [3.8, 4) is 0 Å². The fraction of sp³-hybridized carbons (Fsp3) is 0.667. The van der Waals surface area contributed by atoms with Gasteiger partial charge in [0.2, 0.25) is 0 Å². The maximum atomic E-state index is 11.3. The van der Waals surface area contributed by atoms with Gasteiger partial charge in [-0.1, -0.05) is 0 Å². The quantitative estimate of drug-likeness (QED) is 0.775. The normalized spacial score (nSPS) is 24.5. The van der Waals surface area contributed by atoms with Gasteiger partial charge in [-0.25, -0.2) is 13.4 Å². The van der Waals surface area contributed by atoms with Crippen LogP contribution in [0.5, 0.6) is 0 Å². The van der Waals surface area contributed by atoms with Crippen LogP contribution < -0.4 is 5.73 Å². The van der Waals surface area contributed by atoms with E-state index in [1.54, 1.807) is 12.5 Å². The molecule has 5 nitrogen and oxygen atoms in total. The maximum absolute atomic E-state index is 11.3. The molecule has 1 aliphatic rings. The van der Waals surface area contributed by atoms with Crippen LogP contribution >= 0.6 is 0 Å². The van der Waals surface area contributed by atoms with Crippen molar-refractivity contribution < 1.29 is 8.42 Å². The van der Waals surface area contributed by atoms with Crippen molar-refractivity contribution in [2.45, 2.75) is 18.9 Å². The average Bonchev–Trinajstić information content (AvgIpc) is 2.72. The van der Waals surface area contributed by atoms with Crippen LogP contribution in [0.25, 0.3) is 0 Å². The fourth-order valence-corrected chi connectivity index (χ4v) is 3.71. The van der Waals surface area contributed by atoms with Crippen LogP contribution in [0.3, 0.4) is 0 Å². The minimum absolute atomic E-state index is 0.0547. The highest BCUT2D eigenvalue weighted by Crippen LogP contribution is 2.24. The van der Waals surface area contributed by atoms with Gasteiger partial charge in [0.15, 0.2) is 9.84 Å². The monoisotopic (exact) mass is 229 g/mol. The van der Waals surface area contributed by atoms with E-state index in [0.29, 0.717) is 13.0 Å². The third kappa shape index (κ3) is 2.21. The number of nitrogens with zero attached hydrogens (tertiary/aromatic N) is 2. The van der Waals surface area contributed by atoms with E-state index in [4.69, 9.17) is 5.73 Å². The van der Waals surface area contributed by atoms with Crippen LogP contribution in [0.15, 0.2) is 12.5 Å². The van der Waals surface area contributed by atoms with E-state index in [1.165, 1.54) is 0 Å². The number of sulfone groups is 1. The second kappa shape index (κ2) is 3.94. The molecule has 6 heteroatoms. The molecule has 1 atom stereocenters. The Morgan fingerprint density at radius 2 is 2.40 bits per heavy atom. The summed E-state index contributed by atoms with van der Waals surface area (Å²) in [5, 5.41) is 0. The smallest absolute Gasteiger partial charge is 0.152 e. The predicted octanol–water partition coefficient (Wildman–Crippen LogP) is -0.256. The zero-order valence-corrected chi connectivity index (χ0v) is 9.28. The largest absolute Gasteiger partial charge is 0.330 e. The number of nitrogens with two attached hydrogens (primary N) is 1. The van der Waals surface area contributed by atoms with Gasteiger partial charge < -0.3 is 10.3 Å². The first-order valence-corrected chi connectivity index (χ1v) is 6.86. The highest BCUT2D eigenvalue weighted by atomic mass is 32.2. The first kappa shape index (κ1) is 10.6. The Kier molecular flexibility index (Phi) is 2.79. The number of rotatable bonds is 3. The first-order valence-electron chi connectivity index (χ1n) is 5.03. The molecule has 2 rings (SSSR count). The molecule has 0 aromatic carbocycles. The standard InChI is InChI=1S/C9H15N3O2S/c10-3-1-8-5-11-7-12(8)9-2-4-15(13,14)6-9/h5,7,9H,1-4,6,10H2. The van der Waals surface area contributed by atoms with Gasteiger partial charge in [-0.15, -0.1) is 0 Å². The number of hydrogen-bond acceptors (Lipinski definition) is 4. The van der Waals surface area contributed by atoms with Crippen LogP contribution in [0.2, 0.25) is 0 Å². The Bertz CT molecular complexity index is 438. The molecule has 1 aromatic heterocycles. The van der Waals surface area contributed by atoms with Gasteiger partial charge in [-0.05, 0) is 13.0 Å². The summed E-state index contributed by atoms with van der Waals surface area (Å²) < 4.78 is 24.6. The Morgan fingerprint density at radius 3 is 3.00 bits per heavy atom. The van der Waals surface area contributed by atoms with E-state index in [9.17, 15) is 8.42 Å². The summed E-state index contributed by atoms with van der Waals surface area (Å²) in [7, 11) is -2.83. The number of hydrogen-bond donors (Lipinski definition) is 1. The average molecular weight is 229 g/mol. The molecule has 1 fully saturated rings. The summed E-state index contributed by atoms with van der Waals surface area (Å²) in [6.45, 7) is 0.561. The van der Waals surface area contributed by atoms with Gasteiger partial charge in [0.1, 0.15) is 0 Å². The zero-order valence-electron chi connectivity index (χ0n) is 8.46. The van der Waals surface area contributed by atoms with Crippen molar-refractivity contribution in [3.05, 3.63) is 18.2 Å². The van der Waals surface area contributed by atoms with E-state index >= 15 is 0 Å².